The standard InChI is InChI=1S/C18H20BrN3OS/c1-11-16(12-5-7-22(11)8-6-12)21-17(23)15-10-20-18(24-15)13-3-2-4-14(19)9-13/h2-4,9-12,16H,5-8H2,1H3,(H,21,23). The number of nitrogens with zero attached hydrogens (tertiary/aromatic N) is 2. The summed E-state index contributed by atoms with van der Waals surface area (Å²) in [5.41, 5.74) is 1.03. The number of amides is 1. The van der Waals surface area contributed by atoms with E-state index >= 15 is 0 Å². The molecule has 1 aromatic heterocycles. The summed E-state index contributed by atoms with van der Waals surface area (Å²) < 4.78 is 1.02. The Balaban J connectivity index is 1.49. The lowest BCUT2D eigenvalue weighted by Gasteiger charge is -2.49. The second-order valence-corrected chi connectivity index (χ2v) is 8.60. The lowest BCUT2D eigenvalue weighted by atomic mass is 9.79. The average molecular weight is 406 g/mol. The number of aromatic nitrogens is 1. The number of rotatable bonds is 3. The van der Waals surface area contributed by atoms with E-state index in [4.69, 9.17) is 0 Å². The summed E-state index contributed by atoms with van der Waals surface area (Å²) in [6, 6.07) is 8.70. The first kappa shape index (κ1) is 16.2. The van der Waals surface area contributed by atoms with Gasteiger partial charge in [-0.05, 0) is 50.9 Å². The number of carbonyl (C=O) groups is 1. The minimum atomic E-state index is 0.0133. The molecule has 3 saturated heterocycles. The quantitative estimate of drug-likeness (QED) is 0.844. The fraction of sp³-hybridized carbons (Fsp3) is 0.444. The summed E-state index contributed by atoms with van der Waals surface area (Å²) in [5.74, 6) is 0.630. The van der Waals surface area contributed by atoms with Crippen molar-refractivity contribution >= 4 is 33.2 Å². The molecule has 126 valence electrons. The Bertz CT molecular complexity index is 752. The normalized spacial score (nSPS) is 28.8. The van der Waals surface area contributed by atoms with Crippen molar-refractivity contribution in [2.45, 2.75) is 31.8 Å². The number of halogens is 1. The van der Waals surface area contributed by atoms with Gasteiger partial charge < -0.3 is 5.32 Å². The Morgan fingerprint density at radius 1 is 1.38 bits per heavy atom. The summed E-state index contributed by atoms with van der Waals surface area (Å²) >= 11 is 4.93. The maximum Gasteiger partial charge on any atom is 0.263 e. The summed E-state index contributed by atoms with van der Waals surface area (Å²) in [6.45, 7) is 4.58. The highest BCUT2D eigenvalue weighted by Crippen LogP contribution is 2.33. The third-order valence-electron chi connectivity index (χ3n) is 5.28. The van der Waals surface area contributed by atoms with Crippen molar-refractivity contribution < 1.29 is 4.79 Å². The highest BCUT2D eigenvalue weighted by molar-refractivity contribution is 9.10. The van der Waals surface area contributed by atoms with E-state index in [-0.39, 0.29) is 11.9 Å². The van der Waals surface area contributed by atoms with E-state index in [1.165, 1.54) is 37.3 Å². The molecule has 6 heteroatoms. The maximum absolute atomic E-state index is 12.7. The van der Waals surface area contributed by atoms with Gasteiger partial charge in [0.1, 0.15) is 9.88 Å². The zero-order chi connectivity index (χ0) is 16.7. The van der Waals surface area contributed by atoms with Gasteiger partial charge in [0.2, 0.25) is 0 Å². The van der Waals surface area contributed by atoms with Gasteiger partial charge in [0.15, 0.2) is 0 Å². The molecule has 3 aliphatic rings. The van der Waals surface area contributed by atoms with Crippen LogP contribution in [0.1, 0.15) is 29.4 Å². The third kappa shape index (κ3) is 3.03. The first-order valence-corrected chi connectivity index (χ1v) is 9.99. The Morgan fingerprint density at radius 3 is 2.88 bits per heavy atom. The van der Waals surface area contributed by atoms with Gasteiger partial charge in [-0.3, -0.25) is 9.69 Å². The molecule has 0 radical (unpaired) electrons. The first-order valence-electron chi connectivity index (χ1n) is 8.38. The molecule has 0 spiro atoms. The number of piperidine rings is 3. The maximum atomic E-state index is 12.7. The third-order valence-corrected chi connectivity index (χ3v) is 6.82. The van der Waals surface area contributed by atoms with E-state index in [2.05, 4.69) is 38.1 Å². The Kier molecular flexibility index (Phi) is 4.45. The minimum Gasteiger partial charge on any atom is -0.347 e. The summed E-state index contributed by atoms with van der Waals surface area (Å²) in [6.07, 6.45) is 4.09. The van der Waals surface area contributed by atoms with Gasteiger partial charge in [0.25, 0.3) is 5.91 Å². The van der Waals surface area contributed by atoms with Crippen LogP contribution in [0.2, 0.25) is 0 Å². The van der Waals surface area contributed by atoms with Crippen LogP contribution in [0.25, 0.3) is 10.6 Å². The molecule has 1 N–H and O–H groups in total. The molecule has 1 aromatic carbocycles. The Morgan fingerprint density at radius 2 is 2.17 bits per heavy atom. The van der Waals surface area contributed by atoms with Crippen LogP contribution in [-0.4, -0.2) is 41.0 Å². The number of hydrogen-bond donors (Lipinski definition) is 1. The SMILES string of the molecule is CC1C(NC(=O)c2cnc(-c3cccc(Br)c3)s2)C2CCN1CC2. The fourth-order valence-corrected chi connectivity index (χ4v) is 5.12. The molecule has 2 unspecified atom stereocenters. The molecule has 3 fully saturated rings. The number of carbonyl (C=O) groups excluding carboxylic acids is 1. The monoisotopic (exact) mass is 405 g/mol. The van der Waals surface area contributed by atoms with Gasteiger partial charge in [0, 0.05) is 22.1 Å². The zero-order valence-corrected chi connectivity index (χ0v) is 15.9. The molecule has 4 nitrogen and oxygen atoms in total. The lowest BCUT2D eigenvalue weighted by molar-refractivity contribution is 0.0218. The van der Waals surface area contributed by atoms with Gasteiger partial charge >= 0.3 is 0 Å². The molecule has 4 heterocycles. The Hall–Kier alpha value is -1.24. The van der Waals surface area contributed by atoms with E-state index in [1.54, 1.807) is 6.20 Å². The van der Waals surface area contributed by atoms with Crippen LogP contribution in [0.3, 0.4) is 0 Å². The molecule has 2 atom stereocenters. The molecule has 2 bridgehead atoms. The minimum absolute atomic E-state index is 0.0133. The number of nitrogens with one attached hydrogen (secondary N) is 1. The van der Waals surface area contributed by atoms with Crippen LogP contribution in [0.4, 0.5) is 0 Å². The summed E-state index contributed by atoms with van der Waals surface area (Å²) in [7, 11) is 0. The topological polar surface area (TPSA) is 45.2 Å². The molecule has 5 rings (SSSR count). The number of benzene rings is 1. The molecule has 0 aliphatic carbocycles. The smallest absolute Gasteiger partial charge is 0.263 e. The van der Waals surface area contributed by atoms with Gasteiger partial charge in [-0.25, -0.2) is 4.98 Å². The highest BCUT2D eigenvalue weighted by Gasteiger charge is 2.40. The van der Waals surface area contributed by atoms with Crippen LogP contribution in [-0.2, 0) is 0 Å². The number of thiazole rings is 1. The van der Waals surface area contributed by atoms with Crippen LogP contribution in [0, 0.1) is 5.92 Å². The molecule has 24 heavy (non-hydrogen) atoms. The summed E-state index contributed by atoms with van der Waals surface area (Å²) in [4.78, 5) is 20.3. The number of fused-ring (bicyclic) bond motifs is 3. The van der Waals surface area contributed by atoms with Crippen molar-refractivity contribution in [3.8, 4) is 10.6 Å². The second-order valence-electron chi connectivity index (χ2n) is 6.65. The van der Waals surface area contributed by atoms with E-state index in [0.29, 0.717) is 16.8 Å². The van der Waals surface area contributed by atoms with Gasteiger partial charge in [-0.15, -0.1) is 11.3 Å². The largest absolute Gasteiger partial charge is 0.347 e. The van der Waals surface area contributed by atoms with Crippen LogP contribution in [0.15, 0.2) is 34.9 Å². The molecular formula is C18H20BrN3OS. The van der Waals surface area contributed by atoms with Crippen LogP contribution >= 0.6 is 27.3 Å². The van der Waals surface area contributed by atoms with Crippen molar-refractivity contribution in [1.29, 1.82) is 0 Å². The molecule has 0 saturated carbocycles. The molecule has 1 amide bonds. The van der Waals surface area contributed by atoms with E-state index < -0.39 is 0 Å². The van der Waals surface area contributed by atoms with Crippen molar-refractivity contribution in [1.82, 2.24) is 15.2 Å². The predicted molar refractivity (Wildman–Crippen MR) is 100 cm³/mol. The van der Waals surface area contributed by atoms with Crippen molar-refractivity contribution in [3.63, 3.8) is 0 Å². The number of hydrogen-bond acceptors (Lipinski definition) is 4. The molecular weight excluding hydrogens is 386 g/mol. The molecule has 2 aromatic rings. The van der Waals surface area contributed by atoms with Crippen molar-refractivity contribution in [2.24, 2.45) is 5.92 Å². The van der Waals surface area contributed by atoms with Crippen LogP contribution < -0.4 is 5.32 Å². The zero-order valence-electron chi connectivity index (χ0n) is 13.5. The van der Waals surface area contributed by atoms with Crippen molar-refractivity contribution in [3.05, 3.63) is 39.8 Å². The van der Waals surface area contributed by atoms with Crippen LogP contribution in [0.5, 0.6) is 0 Å². The van der Waals surface area contributed by atoms with Gasteiger partial charge in [-0.2, -0.15) is 0 Å². The van der Waals surface area contributed by atoms with E-state index in [0.717, 1.165) is 15.0 Å². The first-order chi connectivity index (χ1) is 11.6. The second kappa shape index (κ2) is 6.58. The average Bonchev–Trinajstić information content (AvgIpc) is 3.09. The lowest BCUT2D eigenvalue weighted by Crippen LogP contribution is -2.62. The fourth-order valence-electron chi connectivity index (χ4n) is 3.90. The summed E-state index contributed by atoms with van der Waals surface area (Å²) in [5, 5.41) is 4.15. The Labute approximate surface area is 154 Å². The van der Waals surface area contributed by atoms with E-state index in [1.807, 2.05) is 24.3 Å². The van der Waals surface area contributed by atoms with Gasteiger partial charge in [0.05, 0.1) is 6.20 Å². The predicted octanol–water partition coefficient (Wildman–Crippen LogP) is 3.79. The highest BCUT2D eigenvalue weighted by atomic mass is 79.9. The molecule has 3 aliphatic heterocycles. The van der Waals surface area contributed by atoms with Gasteiger partial charge in [-0.1, -0.05) is 28.1 Å². The van der Waals surface area contributed by atoms with Crippen molar-refractivity contribution in [2.75, 3.05) is 13.1 Å². The van der Waals surface area contributed by atoms with E-state index in [9.17, 15) is 4.79 Å².